The molecule has 0 unspecified atom stereocenters. The highest BCUT2D eigenvalue weighted by Gasteiger charge is 2.46. The van der Waals surface area contributed by atoms with E-state index in [2.05, 4.69) is 4.98 Å². The minimum absolute atomic E-state index is 0.0144. The molecule has 146 valence electrons. The number of ether oxygens (including phenoxy) is 1. The van der Waals surface area contributed by atoms with Crippen molar-refractivity contribution in [2.45, 2.75) is 5.51 Å². The molecule has 0 aliphatic heterocycles. The Labute approximate surface area is 157 Å². The molecule has 3 aromatic rings. The second kappa shape index (κ2) is 7.00. The van der Waals surface area contributed by atoms with Gasteiger partial charge in [-0.15, -0.1) is 0 Å². The Morgan fingerprint density at radius 1 is 1.07 bits per heavy atom. The van der Waals surface area contributed by atoms with Crippen molar-refractivity contribution in [2.24, 2.45) is 5.73 Å². The predicted molar refractivity (Wildman–Crippen MR) is 95.4 cm³/mol. The standard InChI is InChI=1S/C17H12F3N3O4S/c18-17(19,20)28(25,26)23-11-5-7-12(8-6-11)27-16-13(15(21)24)9-10-3-1-2-4-14(10)22-16/h1-9,23H,(H2,21,24). The smallest absolute Gasteiger partial charge is 0.438 e. The third kappa shape index (κ3) is 3.98. The molecular formula is C17H12F3N3O4S. The number of alkyl halides is 3. The number of sulfonamides is 1. The fourth-order valence-corrected chi connectivity index (χ4v) is 2.83. The first-order valence-electron chi connectivity index (χ1n) is 7.63. The van der Waals surface area contributed by atoms with Crippen LogP contribution in [0.2, 0.25) is 0 Å². The Bertz CT molecular complexity index is 1150. The van der Waals surface area contributed by atoms with Gasteiger partial charge in [0, 0.05) is 11.1 Å². The van der Waals surface area contributed by atoms with E-state index < -0.39 is 21.4 Å². The maximum Gasteiger partial charge on any atom is 0.516 e. The van der Waals surface area contributed by atoms with Gasteiger partial charge in [0.05, 0.1) is 5.52 Å². The summed E-state index contributed by atoms with van der Waals surface area (Å²) in [5.74, 6) is -0.752. The number of benzene rings is 2. The van der Waals surface area contributed by atoms with Crippen LogP contribution in [0.25, 0.3) is 10.9 Å². The van der Waals surface area contributed by atoms with Gasteiger partial charge < -0.3 is 10.5 Å². The van der Waals surface area contributed by atoms with E-state index in [1.807, 2.05) is 0 Å². The number of nitrogens with zero attached hydrogens (tertiary/aromatic N) is 1. The number of halogens is 3. The number of nitrogens with one attached hydrogen (secondary N) is 1. The Morgan fingerprint density at radius 3 is 2.32 bits per heavy atom. The number of carbonyl (C=O) groups is 1. The van der Waals surface area contributed by atoms with Gasteiger partial charge in [0.15, 0.2) is 0 Å². The zero-order chi connectivity index (χ0) is 20.5. The predicted octanol–water partition coefficient (Wildman–Crippen LogP) is 3.39. The normalized spacial score (nSPS) is 12.0. The molecule has 0 aliphatic carbocycles. The highest BCUT2D eigenvalue weighted by molar-refractivity contribution is 7.93. The van der Waals surface area contributed by atoms with Crippen molar-refractivity contribution in [1.29, 1.82) is 0 Å². The van der Waals surface area contributed by atoms with Gasteiger partial charge in [0.2, 0.25) is 5.88 Å². The molecule has 2 aromatic carbocycles. The van der Waals surface area contributed by atoms with Gasteiger partial charge >= 0.3 is 15.5 Å². The minimum atomic E-state index is -5.53. The van der Waals surface area contributed by atoms with Gasteiger partial charge in [-0.25, -0.2) is 4.98 Å². The maximum absolute atomic E-state index is 12.4. The molecule has 0 spiro atoms. The zero-order valence-corrected chi connectivity index (χ0v) is 14.7. The van der Waals surface area contributed by atoms with Crippen LogP contribution in [-0.2, 0) is 10.0 Å². The molecule has 7 nitrogen and oxygen atoms in total. The average molecular weight is 411 g/mol. The van der Waals surface area contributed by atoms with E-state index in [-0.39, 0.29) is 22.9 Å². The number of pyridine rings is 1. The lowest BCUT2D eigenvalue weighted by Crippen LogP contribution is -2.29. The summed E-state index contributed by atoms with van der Waals surface area (Å²) < 4.78 is 66.4. The van der Waals surface area contributed by atoms with Crippen molar-refractivity contribution in [3.63, 3.8) is 0 Å². The Kier molecular flexibility index (Phi) is 4.86. The van der Waals surface area contributed by atoms with Crippen LogP contribution in [0.3, 0.4) is 0 Å². The fraction of sp³-hybridized carbons (Fsp3) is 0.0588. The van der Waals surface area contributed by atoms with Crippen LogP contribution in [-0.4, -0.2) is 24.8 Å². The first-order chi connectivity index (χ1) is 13.1. The first-order valence-corrected chi connectivity index (χ1v) is 9.12. The summed E-state index contributed by atoms with van der Waals surface area (Å²) in [5, 5.41) is 0.667. The fourth-order valence-electron chi connectivity index (χ4n) is 2.27. The van der Waals surface area contributed by atoms with E-state index in [4.69, 9.17) is 10.5 Å². The molecule has 0 aliphatic rings. The molecule has 11 heteroatoms. The molecule has 3 N–H and O–H groups in total. The van der Waals surface area contributed by atoms with Gasteiger partial charge in [0.1, 0.15) is 11.3 Å². The lowest BCUT2D eigenvalue weighted by Gasteiger charge is -2.12. The quantitative estimate of drug-likeness (QED) is 0.669. The number of aromatic nitrogens is 1. The molecule has 1 amide bonds. The van der Waals surface area contributed by atoms with Gasteiger partial charge in [-0.3, -0.25) is 9.52 Å². The molecule has 0 bridgehead atoms. The SMILES string of the molecule is NC(=O)c1cc2ccccc2nc1Oc1ccc(NS(=O)(=O)C(F)(F)F)cc1. The number of nitrogens with two attached hydrogens (primary N) is 1. The van der Waals surface area contributed by atoms with Gasteiger partial charge in [-0.1, -0.05) is 18.2 Å². The highest BCUT2D eigenvalue weighted by atomic mass is 32.2. The van der Waals surface area contributed by atoms with Crippen LogP contribution in [0.15, 0.2) is 54.6 Å². The molecule has 3 rings (SSSR count). The summed E-state index contributed by atoms with van der Waals surface area (Å²) in [7, 11) is -5.53. The van der Waals surface area contributed by atoms with Crippen molar-refractivity contribution >= 4 is 32.5 Å². The van der Waals surface area contributed by atoms with Crippen molar-refractivity contribution < 1.29 is 31.1 Å². The Morgan fingerprint density at radius 2 is 1.71 bits per heavy atom. The summed E-state index contributed by atoms with van der Waals surface area (Å²) in [6.07, 6.45) is 0. The van der Waals surface area contributed by atoms with Crippen molar-refractivity contribution in [3.8, 4) is 11.6 Å². The average Bonchev–Trinajstić information content (AvgIpc) is 2.61. The molecule has 0 radical (unpaired) electrons. The number of hydrogen-bond acceptors (Lipinski definition) is 5. The summed E-state index contributed by atoms with van der Waals surface area (Å²) in [4.78, 5) is 15.9. The van der Waals surface area contributed by atoms with E-state index >= 15 is 0 Å². The number of fused-ring (bicyclic) bond motifs is 1. The molecule has 0 fully saturated rings. The number of primary amides is 1. The molecular weight excluding hydrogens is 399 g/mol. The summed E-state index contributed by atoms with van der Waals surface area (Å²) in [6.45, 7) is 0. The number of hydrogen-bond donors (Lipinski definition) is 2. The molecule has 0 saturated carbocycles. The van der Waals surface area contributed by atoms with E-state index in [1.54, 1.807) is 24.3 Å². The third-order valence-corrected chi connectivity index (χ3v) is 4.69. The second-order valence-corrected chi connectivity index (χ2v) is 7.25. The molecule has 1 aromatic heterocycles. The van der Waals surface area contributed by atoms with Crippen LogP contribution in [0.4, 0.5) is 18.9 Å². The number of carbonyl (C=O) groups excluding carboxylic acids is 1. The Balaban J connectivity index is 1.88. The summed E-state index contributed by atoms with van der Waals surface area (Å²) in [5.41, 5.74) is 0.154. The van der Waals surface area contributed by atoms with E-state index in [9.17, 15) is 26.4 Å². The topological polar surface area (TPSA) is 111 Å². The molecule has 28 heavy (non-hydrogen) atoms. The van der Waals surface area contributed by atoms with Crippen molar-refractivity contribution in [1.82, 2.24) is 4.98 Å². The first kappa shape index (κ1) is 19.4. The molecule has 0 saturated heterocycles. The number of para-hydroxylation sites is 1. The highest BCUT2D eigenvalue weighted by Crippen LogP contribution is 2.29. The van der Waals surface area contributed by atoms with E-state index in [0.717, 1.165) is 12.1 Å². The molecule has 1 heterocycles. The van der Waals surface area contributed by atoms with Gasteiger partial charge in [-0.2, -0.15) is 21.6 Å². The van der Waals surface area contributed by atoms with Crippen LogP contribution in [0.1, 0.15) is 10.4 Å². The molecule has 0 atom stereocenters. The Hall–Kier alpha value is -3.34. The number of anilines is 1. The minimum Gasteiger partial charge on any atom is -0.438 e. The second-order valence-electron chi connectivity index (χ2n) is 5.58. The van der Waals surface area contributed by atoms with Crippen LogP contribution in [0, 0.1) is 0 Å². The monoisotopic (exact) mass is 411 g/mol. The van der Waals surface area contributed by atoms with Gasteiger partial charge in [0.25, 0.3) is 5.91 Å². The van der Waals surface area contributed by atoms with E-state index in [0.29, 0.717) is 10.9 Å². The van der Waals surface area contributed by atoms with Crippen LogP contribution >= 0.6 is 0 Å². The van der Waals surface area contributed by atoms with Gasteiger partial charge in [-0.05, 0) is 36.4 Å². The van der Waals surface area contributed by atoms with Crippen molar-refractivity contribution in [3.05, 3.63) is 60.2 Å². The van der Waals surface area contributed by atoms with Crippen LogP contribution in [0.5, 0.6) is 11.6 Å². The van der Waals surface area contributed by atoms with Crippen LogP contribution < -0.4 is 15.2 Å². The lowest BCUT2D eigenvalue weighted by atomic mass is 10.1. The number of amides is 1. The van der Waals surface area contributed by atoms with E-state index in [1.165, 1.54) is 22.9 Å². The zero-order valence-electron chi connectivity index (χ0n) is 13.9. The third-order valence-electron chi connectivity index (χ3n) is 3.58. The summed E-state index contributed by atoms with van der Waals surface area (Å²) in [6, 6.07) is 13.0. The van der Waals surface area contributed by atoms with Crippen molar-refractivity contribution in [2.75, 3.05) is 4.72 Å². The number of rotatable bonds is 5. The summed E-state index contributed by atoms with van der Waals surface area (Å²) >= 11 is 0. The largest absolute Gasteiger partial charge is 0.516 e. The lowest BCUT2D eigenvalue weighted by molar-refractivity contribution is -0.0429. The maximum atomic E-state index is 12.4.